The number of nitrogens with zero attached hydrogens (tertiary/aromatic N) is 5. The summed E-state index contributed by atoms with van der Waals surface area (Å²) >= 11 is 0. The number of aromatic nitrogens is 3. The van der Waals surface area contributed by atoms with Crippen LogP contribution in [0.5, 0.6) is 0 Å². The maximum absolute atomic E-state index is 12.9. The molecule has 2 aromatic rings. The highest BCUT2D eigenvalue weighted by Crippen LogP contribution is 2.30. The summed E-state index contributed by atoms with van der Waals surface area (Å²) in [6.07, 6.45) is 8.47. The van der Waals surface area contributed by atoms with E-state index in [0.717, 1.165) is 24.1 Å². The zero-order valence-corrected chi connectivity index (χ0v) is 15.6. The highest BCUT2D eigenvalue weighted by atomic mass is 16.2. The molecule has 2 atom stereocenters. The molecule has 2 amide bonds. The van der Waals surface area contributed by atoms with Gasteiger partial charge in [-0.1, -0.05) is 6.07 Å². The fourth-order valence-corrected chi connectivity index (χ4v) is 4.13. The van der Waals surface area contributed by atoms with E-state index in [1.165, 1.54) is 0 Å². The van der Waals surface area contributed by atoms with Gasteiger partial charge in [0.05, 0.1) is 24.4 Å². The van der Waals surface area contributed by atoms with Crippen LogP contribution in [0.1, 0.15) is 30.5 Å². The number of pyridine rings is 1. The van der Waals surface area contributed by atoms with Crippen molar-refractivity contribution in [2.45, 2.75) is 38.3 Å². The lowest BCUT2D eigenvalue weighted by Gasteiger charge is -2.35. The first-order chi connectivity index (χ1) is 13.1. The number of carbonyl (C=O) groups is 2. The predicted molar refractivity (Wildman–Crippen MR) is 99.4 cm³/mol. The molecule has 0 aliphatic carbocycles. The standard InChI is InChI=1S/C20H25N5O2/c1-23-11-15(10-22-23)5-8-19(26)24-12-16-6-7-18(14-24)25(20(16)27)13-17-4-2-3-9-21-17/h2-4,9-11,16,18H,5-8,12-14H2,1H3/t16-,18+/m0/s1. The first kappa shape index (κ1) is 17.7. The molecular weight excluding hydrogens is 342 g/mol. The van der Waals surface area contributed by atoms with Crippen molar-refractivity contribution in [1.82, 2.24) is 24.6 Å². The van der Waals surface area contributed by atoms with Crippen molar-refractivity contribution >= 4 is 11.8 Å². The third kappa shape index (κ3) is 3.86. The summed E-state index contributed by atoms with van der Waals surface area (Å²) < 4.78 is 1.75. The Morgan fingerprint density at radius 1 is 1.26 bits per heavy atom. The predicted octanol–water partition coefficient (Wildman–Crippen LogP) is 1.40. The number of fused-ring (bicyclic) bond motifs is 4. The monoisotopic (exact) mass is 367 g/mol. The number of piperidine rings is 1. The van der Waals surface area contributed by atoms with Crippen LogP contribution in [0.3, 0.4) is 0 Å². The van der Waals surface area contributed by atoms with E-state index >= 15 is 0 Å². The van der Waals surface area contributed by atoms with Gasteiger partial charge in [-0.3, -0.25) is 19.3 Å². The van der Waals surface area contributed by atoms with Gasteiger partial charge in [-0.2, -0.15) is 5.10 Å². The lowest BCUT2D eigenvalue weighted by Crippen LogP contribution is -2.47. The fourth-order valence-electron chi connectivity index (χ4n) is 4.13. The average Bonchev–Trinajstić information content (AvgIpc) is 2.91. The molecule has 7 nitrogen and oxygen atoms in total. The largest absolute Gasteiger partial charge is 0.340 e. The van der Waals surface area contributed by atoms with Crippen molar-refractivity contribution in [1.29, 1.82) is 0 Å². The minimum atomic E-state index is -0.0881. The molecule has 142 valence electrons. The van der Waals surface area contributed by atoms with Gasteiger partial charge in [0, 0.05) is 45.0 Å². The van der Waals surface area contributed by atoms with E-state index in [9.17, 15) is 9.59 Å². The van der Waals surface area contributed by atoms with Crippen LogP contribution in [-0.4, -0.2) is 55.5 Å². The fraction of sp³-hybridized carbons (Fsp3) is 0.500. The third-order valence-electron chi connectivity index (χ3n) is 5.59. The minimum Gasteiger partial charge on any atom is -0.340 e. The number of hydrogen-bond acceptors (Lipinski definition) is 4. The summed E-state index contributed by atoms with van der Waals surface area (Å²) in [7, 11) is 1.87. The summed E-state index contributed by atoms with van der Waals surface area (Å²) in [5, 5.41) is 4.15. The van der Waals surface area contributed by atoms with Crippen molar-refractivity contribution in [3.8, 4) is 0 Å². The maximum atomic E-state index is 12.9. The summed E-state index contributed by atoms with van der Waals surface area (Å²) in [5.74, 6) is 0.206. The van der Waals surface area contributed by atoms with Crippen molar-refractivity contribution in [3.63, 3.8) is 0 Å². The molecule has 2 aromatic heterocycles. The van der Waals surface area contributed by atoms with E-state index in [-0.39, 0.29) is 23.8 Å². The van der Waals surface area contributed by atoms with Gasteiger partial charge >= 0.3 is 0 Å². The normalized spacial score (nSPS) is 22.2. The maximum Gasteiger partial charge on any atom is 0.228 e. The summed E-state index contributed by atoms with van der Waals surface area (Å²) in [5.41, 5.74) is 1.96. The van der Waals surface area contributed by atoms with Gasteiger partial charge in [0.15, 0.2) is 0 Å². The minimum absolute atomic E-state index is 0.0839. The van der Waals surface area contributed by atoms with Crippen LogP contribution in [0, 0.1) is 5.92 Å². The van der Waals surface area contributed by atoms with Gasteiger partial charge in [0.2, 0.25) is 11.8 Å². The smallest absolute Gasteiger partial charge is 0.228 e. The first-order valence-corrected chi connectivity index (χ1v) is 9.56. The van der Waals surface area contributed by atoms with Crippen molar-refractivity contribution in [2.24, 2.45) is 13.0 Å². The first-order valence-electron chi connectivity index (χ1n) is 9.56. The Morgan fingerprint density at radius 2 is 2.15 bits per heavy atom. The summed E-state index contributed by atoms with van der Waals surface area (Å²) in [6.45, 7) is 1.69. The molecule has 0 radical (unpaired) electrons. The van der Waals surface area contributed by atoms with E-state index in [1.54, 1.807) is 17.1 Å². The SMILES string of the molecule is Cn1cc(CCC(=O)N2C[C@@H]3CC[C@H](C2)N(Cc2ccccn2)C3=O)cn1. The lowest BCUT2D eigenvalue weighted by molar-refractivity contribution is -0.140. The quantitative estimate of drug-likeness (QED) is 0.801. The van der Waals surface area contributed by atoms with Gasteiger partial charge in [-0.05, 0) is 37.0 Å². The number of amides is 2. The molecule has 7 heteroatoms. The lowest BCUT2D eigenvalue weighted by atomic mass is 9.94. The molecule has 0 N–H and O–H groups in total. The van der Waals surface area contributed by atoms with Crippen LogP contribution >= 0.6 is 0 Å². The molecule has 3 aliphatic heterocycles. The molecule has 5 rings (SSSR count). The zero-order chi connectivity index (χ0) is 18.8. The van der Waals surface area contributed by atoms with Crippen LogP contribution in [0.2, 0.25) is 0 Å². The highest BCUT2D eigenvalue weighted by Gasteiger charge is 2.41. The van der Waals surface area contributed by atoms with Crippen LogP contribution in [-0.2, 0) is 29.6 Å². The molecule has 0 spiro atoms. The Hall–Kier alpha value is -2.70. The molecule has 3 aliphatic rings. The molecule has 2 bridgehead atoms. The number of aryl methyl sites for hydroxylation is 2. The van der Waals surface area contributed by atoms with Crippen molar-refractivity contribution < 1.29 is 9.59 Å². The Labute approximate surface area is 159 Å². The highest BCUT2D eigenvalue weighted by molar-refractivity contribution is 5.83. The van der Waals surface area contributed by atoms with Crippen LogP contribution in [0.25, 0.3) is 0 Å². The number of rotatable bonds is 5. The van der Waals surface area contributed by atoms with Gasteiger partial charge in [0.1, 0.15) is 0 Å². The molecule has 27 heavy (non-hydrogen) atoms. The van der Waals surface area contributed by atoms with Gasteiger partial charge in [-0.15, -0.1) is 0 Å². The Balaban J connectivity index is 1.42. The topological polar surface area (TPSA) is 71.3 Å². The van der Waals surface area contributed by atoms with Gasteiger partial charge in [0.25, 0.3) is 0 Å². The van der Waals surface area contributed by atoms with Gasteiger partial charge < -0.3 is 9.80 Å². The van der Waals surface area contributed by atoms with Crippen molar-refractivity contribution in [3.05, 3.63) is 48.0 Å². The molecule has 0 saturated carbocycles. The Bertz CT molecular complexity index is 819. The summed E-state index contributed by atoms with van der Waals surface area (Å²) in [6, 6.07) is 5.85. The van der Waals surface area contributed by atoms with E-state index in [0.29, 0.717) is 32.5 Å². The number of hydrogen-bond donors (Lipinski definition) is 0. The zero-order valence-electron chi connectivity index (χ0n) is 15.6. The molecular formula is C20H25N5O2. The van der Waals surface area contributed by atoms with Crippen LogP contribution in [0.15, 0.2) is 36.8 Å². The average molecular weight is 367 g/mol. The summed E-state index contributed by atoms with van der Waals surface area (Å²) in [4.78, 5) is 33.9. The van der Waals surface area contributed by atoms with Crippen LogP contribution in [0.4, 0.5) is 0 Å². The van der Waals surface area contributed by atoms with Gasteiger partial charge in [-0.25, -0.2) is 0 Å². The second-order valence-corrected chi connectivity index (χ2v) is 7.54. The molecule has 5 heterocycles. The van der Waals surface area contributed by atoms with E-state index in [2.05, 4.69) is 10.1 Å². The van der Waals surface area contributed by atoms with E-state index in [4.69, 9.17) is 0 Å². The Morgan fingerprint density at radius 3 is 2.89 bits per heavy atom. The Kier molecular flexibility index (Phi) is 4.92. The van der Waals surface area contributed by atoms with Crippen molar-refractivity contribution in [2.75, 3.05) is 13.1 Å². The number of carbonyl (C=O) groups excluding carboxylic acids is 2. The third-order valence-corrected chi connectivity index (χ3v) is 5.59. The van der Waals surface area contributed by atoms with E-state index < -0.39 is 0 Å². The molecule has 0 aromatic carbocycles. The van der Waals surface area contributed by atoms with E-state index in [1.807, 2.05) is 41.2 Å². The second kappa shape index (κ2) is 7.50. The molecule has 0 unspecified atom stereocenters. The molecule has 3 fully saturated rings. The van der Waals surface area contributed by atoms with Crippen LogP contribution < -0.4 is 0 Å². The second-order valence-electron chi connectivity index (χ2n) is 7.54. The molecule has 3 saturated heterocycles.